The molecular formula is C9H13N2+. The van der Waals surface area contributed by atoms with Gasteiger partial charge in [-0.05, 0) is 31.0 Å². The minimum Gasteiger partial charge on any atom is -0.398 e. The van der Waals surface area contributed by atoms with Crippen LogP contribution in [0.25, 0.3) is 0 Å². The zero-order valence-corrected chi connectivity index (χ0v) is 6.89. The fraction of sp³-hybridized carbons (Fsp3) is 0.222. The van der Waals surface area contributed by atoms with Crippen LogP contribution < -0.4 is 11.1 Å². The Kier molecular flexibility index (Phi) is 1.94. The van der Waals surface area contributed by atoms with Crippen molar-refractivity contribution in [3.05, 3.63) is 28.8 Å². The van der Waals surface area contributed by atoms with Crippen molar-refractivity contribution in [3.63, 3.8) is 0 Å². The van der Waals surface area contributed by atoms with E-state index in [0.29, 0.717) is 0 Å². The number of aryl methyl sites for hydroxylation is 2. The average molecular weight is 149 g/mol. The lowest BCUT2D eigenvalue weighted by Gasteiger charge is -2.03. The van der Waals surface area contributed by atoms with Gasteiger partial charge in [0, 0.05) is 5.69 Å². The number of rotatable bonds is 1. The third kappa shape index (κ3) is 1.40. The zero-order valence-electron chi connectivity index (χ0n) is 6.89. The van der Waals surface area contributed by atoms with Crippen molar-refractivity contribution in [1.29, 1.82) is 0 Å². The van der Waals surface area contributed by atoms with Crippen LogP contribution in [0.2, 0.25) is 0 Å². The molecule has 1 rings (SSSR count). The Morgan fingerprint density at radius 1 is 1.36 bits per heavy atom. The molecule has 0 aliphatic carbocycles. The molecule has 2 nitrogen and oxygen atoms in total. The quantitative estimate of drug-likeness (QED) is 0.430. The highest BCUT2D eigenvalue weighted by Crippen LogP contribution is 2.16. The van der Waals surface area contributed by atoms with Gasteiger partial charge in [0.15, 0.2) is 6.21 Å². The molecule has 1 aromatic carbocycles. The van der Waals surface area contributed by atoms with Crippen LogP contribution in [0.3, 0.4) is 0 Å². The van der Waals surface area contributed by atoms with E-state index in [2.05, 4.69) is 0 Å². The first kappa shape index (κ1) is 7.79. The lowest BCUT2D eigenvalue weighted by atomic mass is 10.1. The minimum absolute atomic E-state index is 0.776. The van der Waals surface area contributed by atoms with Gasteiger partial charge in [-0.1, -0.05) is 6.07 Å². The predicted molar refractivity (Wildman–Crippen MR) is 47.4 cm³/mol. The standard InChI is InChI=1S/C9H12N2/c1-6-3-7(2)9(11)8(4-6)5-10/h3-5,10H,11H2,1-2H3/p+1. The van der Waals surface area contributed by atoms with Crippen molar-refractivity contribution in [2.45, 2.75) is 13.8 Å². The first-order valence-electron chi connectivity index (χ1n) is 3.57. The van der Waals surface area contributed by atoms with Crippen LogP contribution in [-0.4, -0.2) is 6.21 Å². The molecule has 0 radical (unpaired) electrons. The summed E-state index contributed by atoms with van der Waals surface area (Å²) in [6.07, 6.45) is 1.54. The molecule has 0 aliphatic heterocycles. The second kappa shape index (κ2) is 2.74. The molecule has 0 bridgehead atoms. The Balaban J connectivity index is 3.35. The monoisotopic (exact) mass is 149 g/mol. The normalized spacial score (nSPS) is 9.64. The molecule has 0 atom stereocenters. The largest absolute Gasteiger partial charge is 0.398 e. The molecule has 58 valence electrons. The van der Waals surface area contributed by atoms with Crippen molar-refractivity contribution in [1.82, 2.24) is 0 Å². The topological polar surface area (TPSA) is 51.6 Å². The summed E-state index contributed by atoms with van der Waals surface area (Å²) in [6, 6.07) is 4.02. The Labute approximate surface area is 66.6 Å². The van der Waals surface area contributed by atoms with Gasteiger partial charge in [-0.25, -0.2) is 0 Å². The van der Waals surface area contributed by atoms with Gasteiger partial charge in [-0.15, -0.1) is 0 Å². The number of nitrogen functional groups attached to an aromatic ring is 1. The van der Waals surface area contributed by atoms with Crippen molar-refractivity contribution in [2.75, 3.05) is 5.73 Å². The average Bonchev–Trinajstić information content (AvgIpc) is 1.96. The Hall–Kier alpha value is -1.31. The first-order valence-corrected chi connectivity index (χ1v) is 3.57. The van der Waals surface area contributed by atoms with Gasteiger partial charge in [0.05, 0.1) is 5.56 Å². The molecule has 2 heteroatoms. The summed E-state index contributed by atoms with van der Waals surface area (Å²) >= 11 is 0. The zero-order chi connectivity index (χ0) is 8.43. The van der Waals surface area contributed by atoms with Crippen LogP contribution >= 0.6 is 0 Å². The van der Waals surface area contributed by atoms with Gasteiger partial charge in [0.2, 0.25) is 0 Å². The molecule has 0 fully saturated rings. The lowest BCUT2D eigenvalue weighted by Crippen LogP contribution is -2.30. The SMILES string of the molecule is Cc1cc(C)c(N)c(C=[NH2+])c1. The van der Waals surface area contributed by atoms with Gasteiger partial charge < -0.3 is 5.73 Å². The Morgan fingerprint density at radius 2 is 2.00 bits per heavy atom. The van der Waals surface area contributed by atoms with Crippen LogP contribution in [0.5, 0.6) is 0 Å². The second-order valence-electron chi connectivity index (χ2n) is 2.75. The predicted octanol–water partition coefficient (Wildman–Crippen LogP) is 0.0636. The molecular weight excluding hydrogens is 136 g/mol. The van der Waals surface area contributed by atoms with Crippen LogP contribution in [0, 0.1) is 13.8 Å². The van der Waals surface area contributed by atoms with Crippen molar-refractivity contribution in [2.24, 2.45) is 0 Å². The van der Waals surface area contributed by atoms with Gasteiger partial charge >= 0.3 is 0 Å². The summed E-state index contributed by atoms with van der Waals surface area (Å²) in [6.45, 7) is 4.01. The number of nitrogens with two attached hydrogens (primary N) is 2. The van der Waals surface area contributed by atoms with E-state index in [0.717, 1.165) is 16.8 Å². The number of hydrogen-bond acceptors (Lipinski definition) is 1. The summed E-state index contributed by atoms with van der Waals surface area (Å²) < 4.78 is 0. The van der Waals surface area contributed by atoms with E-state index in [1.165, 1.54) is 11.8 Å². The van der Waals surface area contributed by atoms with Crippen LogP contribution in [0.4, 0.5) is 5.69 Å². The van der Waals surface area contributed by atoms with E-state index in [9.17, 15) is 0 Å². The first-order chi connectivity index (χ1) is 5.15. The third-order valence-electron chi connectivity index (χ3n) is 1.74. The van der Waals surface area contributed by atoms with Crippen LogP contribution in [-0.2, 0) is 0 Å². The highest BCUT2D eigenvalue weighted by molar-refractivity contribution is 5.84. The molecule has 0 amide bonds. The minimum atomic E-state index is 0.776. The van der Waals surface area contributed by atoms with Gasteiger partial charge in [-0.3, -0.25) is 5.41 Å². The highest BCUT2D eigenvalue weighted by Gasteiger charge is 2.01. The lowest BCUT2D eigenvalue weighted by molar-refractivity contribution is -0.104. The van der Waals surface area contributed by atoms with Gasteiger partial charge in [-0.2, -0.15) is 0 Å². The molecule has 4 N–H and O–H groups in total. The van der Waals surface area contributed by atoms with Crippen LogP contribution in [0.15, 0.2) is 12.1 Å². The summed E-state index contributed by atoms with van der Waals surface area (Å²) in [5, 5.41) is 5.38. The molecule has 0 heterocycles. The molecule has 0 unspecified atom stereocenters. The van der Waals surface area contributed by atoms with Gasteiger partial charge in [0.25, 0.3) is 0 Å². The Morgan fingerprint density at radius 3 is 2.55 bits per heavy atom. The van der Waals surface area contributed by atoms with E-state index in [1.807, 2.05) is 26.0 Å². The summed E-state index contributed by atoms with van der Waals surface area (Å²) in [4.78, 5) is 0. The molecule has 0 saturated carbocycles. The fourth-order valence-electron chi connectivity index (χ4n) is 1.15. The fourth-order valence-corrected chi connectivity index (χ4v) is 1.15. The highest BCUT2D eigenvalue weighted by atomic mass is 14.6. The maximum atomic E-state index is 5.75. The molecule has 0 saturated heterocycles. The molecule has 0 aliphatic rings. The maximum absolute atomic E-state index is 5.75. The number of hydrogen-bond donors (Lipinski definition) is 2. The molecule has 11 heavy (non-hydrogen) atoms. The van der Waals surface area contributed by atoms with Crippen molar-refractivity contribution in [3.8, 4) is 0 Å². The van der Waals surface area contributed by atoms with Crippen molar-refractivity contribution < 1.29 is 5.41 Å². The van der Waals surface area contributed by atoms with E-state index >= 15 is 0 Å². The Bertz CT molecular complexity index is 290. The number of benzene rings is 1. The van der Waals surface area contributed by atoms with E-state index in [-0.39, 0.29) is 0 Å². The molecule has 1 aromatic rings. The van der Waals surface area contributed by atoms with Crippen LogP contribution in [0.1, 0.15) is 16.7 Å². The van der Waals surface area contributed by atoms with Crippen molar-refractivity contribution >= 4 is 11.9 Å². The van der Waals surface area contributed by atoms with Gasteiger partial charge in [0.1, 0.15) is 0 Å². The smallest absolute Gasteiger partial charge is 0.169 e. The third-order valence-corrected chi connectivity index (χ3v) is 1.74. The summed E-state index contributed by atoms with van der Waals surface area (Å²) in [5.41, 5.74) is 9.72. The molecule has 0 aromatic heterocycles. The van der Waals surface area contributed by atoms with E-state index in [4.69, 9.17) is 11.1 Å². The molecule has 0 spiro atoms. The maximum Gasteiger partial charge on any atom is 0.169 e. The van der Waals surface area contributed by atoms with E-state index in [1.54, 1.807) is 0 Å². The number of anilines is 1. The summed E-state index contributed by atoms with van der Waals surface area (Å²) in [5.74, 6) is 0. The summed E-state index contributed by atoms with van der Waals surface area (Å²) in [7, 11) is 0. The van der Waals surface area contributed by atoms with E-state index < -0.39 is 0 Å². The second-order valence-corrected chi connectivity index (χ2v) is 2.75.